The van der Waals surface area contributed by atoms with Crippen molar-refractivity contribution >= 4 is 17.5 Å². The van der Waals surface area contributed by atoms with E-state index in [1.165, 1.54) is 12.7 Å². The minimum Gasteiger partial charge on any atom is -0.339 e. The highest BCUT2D eigenvalue weighted by Gasteiger charge is 2.60. The van der Waals surface area contributed by atoms with Crippen LogP contribution in [-0.4, -0.2) is 37.5 Å². The minimum atomic E-state index is -0.241. The van der Waals surface area contributed by atoms with Crippen molar-refractivity contribution in [3.05, 3.63) is 42.5 Å². The van der Waals surface area contributed by atoms with Crippen LogP contribution in [0.2, 0.25) is 0 Å². The van der Waals surface area contributed by atoms with Gasteiger partial charge in [-0.05, 0) is 75.0 Å². The summed E-state index contributed by atoms with van der Waals surface area (Å²) in [4.78, 5) is 19.5. The molecule has 6 rings (SSSR count). The van der Waals surface area contributed by atoms with E-state index >= 15 is 0 Å². The summed E-state index contributed by atoms with van der Waals surface area (Å²) >= 11 is 6.95. The fourth-order valence-electron chi connectivity index (χ4n) is 6.42. The Morgan fingerprint density at radius 3 is 2.46 bits per heavy atom. The van der Waals surface area contributed by atoms with Crippen molar-refractivity contribution in [2.24, 2.45) is 17.3 Å². The van der Waals surface area contributed by atoms with Crippen molar-refractivity contribution in [3.63, 3.8) is 0 Å². The van der Waals surface area contributed by atoms with Crippen molar-refractivity contribution < 1.29 is 4.79 Å². The molecule has 148 valence electrons. The van der Waals surface area contributed by atoms with Gasteiger partial charge in [0, 0.05) is 11.9 Å². The second kappa shape index (κ2) is 6.31. The van der Waals surface area contributed by atoms with Crippen LogP contribution in [-0.2, 0) is 4.79 Å². The average molecular weight is 399 g/mol. The summed E-state index contributed by atoms with van der Waals surface area (Å²) in [5.74, 6) is 1.56. The van der Waals surface area contributed by atoms with E-state index in [4.69, 9.17) is 11.6 Å². The van der Waals surface area contributed by atoms with Gasteiger partial charge in [-0.1, -0.05) is 12.1 Å². The highest BCUT2D eigenvalue weighted by Crippen LogP contribution is 2.64. The molecule has 4 fully saturated rings. The van der Waals surface area contributed by atoms with E-state index in [2.05, 4.69) is 29.1 Å². The van der Waals surface area contributed by atoms with Crippen molar-refractivity contribution in [1.82, 2.24) is 19.7 Å². The van der Waals surface area contributed by atoms with E-state index in [9.17, 15) is 4.79 Å². The quantitative estimate of drug-likeness (QED) is 0.719. The van der Waals surface area contributed by atoms with Gasteiger partial charge in [0.2, 0.25) is 5.91 Å². The van der Waals surface area contributed by atoms with E-state index in [1.54, 1.807) is 11.0 Å². The maximum atomic E-state index is 13.7. The smallest absolute Gasteiger partial charge is 0.229 e. The molecule has 5 nitrogen and oxygen atoms in total. The van der Waals surface area contributed by atoms with Gasteiger partial charge in [-0.3, -0.25) is 4.79 Å². The number of amides is 1. The lowest BCUT2D eigenvalue weighted by atomic mass is 9.49. The zero-order valence-electron chi connectivity index (χ0n) is 16.5. The molecule has 0 unspecified atom stereocenters. The molecular formula is C22H27ClN4O. The molecule has 28 heavy (non-hydrogen) atoms. The molecule has 0 N–H and O–H groups in total. The zero-order valence-corrected chi connectivity index (χ0v) is 17.3. The van der Waals surface area contributed by atoms with Crippen LogP contribution in [0.25, 0.3) is 5.69 Å². The summed E-state index contributed by atoms with van der Waals surface area (Å²) in [6.07, 6.45) is 9.59. The fraction of sp³-hybridized carbons (Fsp3) is 0.591. The summed E-state index contributed by atoms with van der Waals surface area (Å²) in [6, 6.07) is 8.23. The molecular weight excluding hydrogens is 372 g/mol. The second-order valence-electron chi connectivity index (χ2n) is 9.42. The number of carbonyl (C=O) groups excluding carboxylic acids is 1. The molecule has 1 aromatic carbocycles. The first kappa shape index (κ1) is 18.2. The van der Waals surface area contributed by atoms with Crippen molar-refractivity contribution in [2.75, 3.05) is 7.05 Å². The Hall–Kier alpha value is -1.88. The lowest BCUT2D eigenvalue weighted by Gasteiger charge is -2.59. The number of carbonyl (C=O) groups is 1. The number of alkyl halides is 1. The van der Waals surface area contributed by atoms with Gasteiger partial charge in [0.05, 0.1) is 17.1 Å². The Labute approximate surface area is 171 Å². The predicted octanol–water partition coefficient (Wildman–Crippen LogP) is 4.36. The Bertz CT molecular complexity index is 864. The topological polar surface area (TPSA) is 51.0 Å². The van der Waals surface area contributed by atoms with E-state index in [-0.39, 0.29) is 16.3 Å². The molecule has 4 aliphatic rings. The molecule has 0 saturated heterocycles. The summed E-state index contributed by atoms with van der Waals surface area (Å²) in [7, 11) is 1.96. The highest BCUT2D eigenvalue weighted by molar-refractivity contribution is 6.24. The largest absolute Gasteiger partial charge is 0.339 e. The van der Waals surface area contributed by atoms with Crippen molar-refractivity contribution in [2.45, 2.75) is 56.4 Å². The molecule has 4 bridgehead atoms. The van der Waals surface area contributed by atoms with Gasteiger partial charge in [0.25, 0.3) is 0 Å². The van der Waals surface area contributed by atoms with Crippen LogP contribution in [0.1, 0.15) is 57.1 Å². The number of hydrogen-bond donors (Lipinski definition) is 0. The third kappa shape index (κ3) is 2.86. The Balaban J connectivity index is 1.36. The molecule has 3 atom stereocenters. The van der Waals surface area contributed by atoms with Gasteiger partial charge in [-0.25, -0.2) is 9.67 Å². The van der Waals surface area contributed by atoms with Crippen LogP contribution in [0.3, 0.4) is 0 Å². The van der Waals surface area contributed by atoms with Crippen molar-refractivity contribution in [1.29, 1.82) is 0 Å². The summed E-state index contributed by atoms with van der Waals surface area (Å²) < 4.78 is 1.73. The highest BCUT2D eigenvalue weighted by atomic mass is 35.5. The molecule has 1 aromatic heterocycles. The Kier molecular flexibility index (Phi) is 4.10. The summed E-state index contributed by atoms with van der Waals surface area (Å²) in [5.41, 5.74) is 1.85. The monoisotopic (exact) mass is 398 g/mol. The third-order valence-electron chi connectivity index (χ3n) is 7.40. The van der Waals surface area contributed by atoms with Crippen LogP contribution in [0.15, 0.2) is 36.9 Å². The molecule has 4 saturated carbocycles. The molecule has 0 spiro atoms. The number of nitrogens with zero attached hydrogens (tertiary/aromatic N) is 4. The van der Waals surface area contributed by atoms with Crippen molar-refractivity contribution in [3.8, 4) is 5.69 Å². The third-order valence-corrected chi connectivity index (χ3v) is 7.85. The van der Waals surface area contributed by atoms with E-state index in [1.807, 2.05) is 24.1 Å². The van der Waals surface area contributed by atoms with E-state index in [0.717, 1.165) is 43.4 Å². The fourth-order valence-corrected chi connectivity index (χ4v) is 7.11. The molecule has 0 radical (unpaired) electrons. The van der Waals surface area contributed by atoms with Crippen LogP contribution >= 0.6 is 11.6 Å². The van der Waals surface area contributed by atoms with Gasteiger partial charge in [-0.15, -0.1) is 11.6 Å². The lowest BCUT2D eigenvalue weighted by molar-refractivity contribution is -0.156. The molecule has 1 heterocycles. The number of benzene rings is 1. The lowest BCUT2D eigenvalue weighted by Crippen LogP contribution is -2.58. The Morgan fingerprint density at radius 1 is 1.21 bits per heavy atom. The average Bonchev–Trinajstić information content (AvgIpc) is 3.19. The number of halogens is 1. The number of aromatic nitrogens is 3. The predicted molar refractivity (Wildman–Crippen MR) is 108 cm³/mol. The van der Waals surface area contributed by atoms with E-state index < -0.39 is 0 Å². The maximum absolute atomic E-state index is 13.7. The number of rotatable bonds is 4. The van der Waals surface area contributed by atoms with Gasteiger partial charge in [0.15, 0.2) is 0 Å². The van der Waals surface area contributed by atoms with E-state index in [0.29, 0.717) is 17.7 Å². The summed E-state index contributed by atoms with van der Waals surface area (Å²) in [5, 5.41) is 4.17. The minimum absolute atomic E-state index is 0.0246. The van der Waals surface area contributed by atoms with Gasteiger partial charge in [0.1, 0.15) is 12.7 Å². The second-order valence-corrected chi connectivity index (χ2v) is 10.2. The summed E-state index contributed by atoms with van der Waals surface area (Å²) in [6.45, 7) is 2.11. The normalized spacial score (nSPS) is 34.4. The molecule has 4 aliphatic carbocycles. The van der Waals surface area contributed by atoms with Gasteiger partial charge >= 0.3 is 0 Å². The van der Waals surface area contributed by atoms with Gasteiger partial charge < -0.3 is 4.90 Å². The standard InChI is InChI=1S/C22H27ClN4O/c1-15(18-3-5-19(6-4-18)27-14-24-13-25-27)26(2)20(28)21-8-16-7-17(9-21)11-22(23,10-16)12-21/h3-6,13-17H,7-12H2,1-2H3/t15-,16+,17+,21?,22?/m0/s1. The van der Waals surface area contributed by atoms with Gasteiger partial charge in [-0.2, -0.15) is 5.10 Å². The first-order valence-electron chi connectivity index (χ1n) is 10.3. The molecule has 6 heteroatoms. The number of hydrogen-bond acceptors (Lipinski definition) is 3. The maximum Gasteiger partial charge on any atom is 0.229 e. The van der Waals surface area contributed by atoms with Crippen LogP contribution in [0.4, 0.5) is 0 Å². The Morgan fingerprint density at radius 2 is 1.89 bits per heavy atom. The first-order chi connectivity index (χ1) is 13.4. The van der Waals surface area contributed by atoms with Crippen LogP contribution in [0.5, 0.6) is 0 Å². The molecule has 1 amide bonds. The zero-order chi connectivity index (χ0) is 19.5. The SMILES string of the molecule is C[C@@H](c1ccc(-n2cncn2)cc1)N(C)C(=O)C12C[C@H]3C[C@@H](CC(Cl)(C3)C1)C2. The van der Waals surface area contributed by atoms with Crippen LogP contribution < -0.4 is 0 Å². The molecule has 0 aliphatic heterocycles. The first-order valence-corrected chi connectivity index (χ1v) is 10.7. The van der Waals surface area contributed by atoms with Crippen LogP contribution in [0, 0.1) is 17.3 Å². The molecule has 2 aromatic rings.